The van der Waals surface area contributed by atoms with Crippen LogP contribution < -0.4 is 15.8 Å². The Labute approximate surface area is 158 Å². The molecule has 0 unspecified atom stereocenters. The quantitative estimate of drug-likeness (QED) is 0.685. The number of aromatic nitrogens is 1. The molecular weight excluding hydrogens is 374 g/mol. The van der Waals surface area contributed by atoms with Crippen molar-refractivity contribution in [3.63, 3.8) is 0 Å². The molecule has 0 atom stereocenters. The minimum Gasteiger partial charge on any atom is -0.381 e. The zero-order chi connectivity index (χ0) is 19.0. The first-order valence-electron chi connectivity index (χ1n) is 7.71. The lowest BCUT2D eigenvalue weighted by Crippen LogP contribution is -2.15. The highest BCUT2D eigenvalue weighted by atomic mass is 35.5. The Bertz CT molecular complexity index is 1020. The van der Waals surface area contributed by atoms with E-state index in [2.05, 4.69) is 10.3 Å². The Morgan fingerprint density at radius 1 is 1.19 bits per heavy atom. The van der Waals surface area contributed by atoms with Crippen LogP contribution in [-0.2, 0) is 0 Å². The molecule has 0 fully saturated rings. The molecule has 3 N–H and O–H groups in total. The molecule has 0 spiro atoms. The molecular formula is C18H16ClN3O3S. The summed E-state index contributed by atoms with van der Waals surface area (Å²) in [5.41, 5.74) is 9.67. The van der Waals surface area contributed by atoms with Crippen LogP contribution in [0.4, 0.5) is 10.5 Å². The number of aryl methyl sites for hydroxylation is 3. The van der Waals surface area contributed by atoms with Crippen LogP contribution in [0, 0.1) is 20.8 Å². The normalized spacial score (nSPS) is 10.8. The second kappa shape index (κ2) is 6.93. The van der Waals surface area contributed by atoms with Gasteiger partial charge in [0.25, 0.3) is 11.1 Å². The van der Waals surface area contributed by atoms with Gasteiger partial charge in [-0.25, -0.2) is 9.78 Å². The van der Waals surface area contributed by atoms with Crippen molar-refractivity contribution in [2.75, 3.05) is 5.32 Å². The lowest BCUT2D eigenvalue weighted by atomic mass is 10.0. The van der Waals surface area contributed by atoms with E-state index < -0.39 is 6.09 Å². The van der Waals surface area contributed by atoms with Crippen LogP contribution in [0.3, 0.4) is 0 Å². The van der Waals surface area contributed by atoms with Crippen molar-refractivity contribution in [3.05, 3.63) is 51.5 Å². The van der Waals surface area contributed by atoms with E-state index in [4.69, 9.17) is 22.1 Å². The van der Waals surface area contributed by atoms with E-state index in [1.54, 1.807) is 12.1 Å². The van der Waals surface area contributed by atoms with Crippen molar-refractivity contribution in [1.29, 1.82) is 0 Å². The molecule has 0 bridgehead atoms. The fraction of sp³-hybridized carbons (Fsp3) is 0.167. The number of hydrogen-bond donors (Lipinski definition) is 2. The smallest absolute Gasteiger partial charge is 0.381 e. The lowest BCUT2D eigenvalue weighted by Gasteiger charge is -2.13. The Morgan fingerprint density at radius 2 is 1.85 bits per heavy atom. The predicted octanol–water partition coefficient (Wildman–Crippen LogP) is 4.58. The van der Waals surface area contributed by atoms with Gasteiger partial charge in [-0.2, -0.15) is 0 Å². The van der Waals surface area contributed by atoms with E-state index in [9.17, 15) is 9.59 Å². The van der Waals surface area contributed by atoms with E-state index in [0.717, 1.165) is 33.7 Å². The maximum Gasteiger partial charge on any atom is 0.411 e. The van der Waals surface area contributed by atoms with Gasteiger partial charge in [0, 0.05) is 5.69 Å². The van der Waals surface area contributed by atoms with E-state index in [-0.39, 0.29) is 16.1 Å². The summed E-state index contributed by atoms with van der Waals surface area (Å²) in [6, 6.07) is 7.25. The predicted molar refractivity (Wildman–Crippen MR) is 103 cm³/mol. The Balaban J connectivity index is 1.96. The van der Waals surface area contributed by atoms with Crippen molar-refractivity contribution >= 4 is 50.8 Å². The zero-order valence-corrected chi connectivity index (χ0v) is 15.9. The second-order valence-electron chi connectivity index (χ2n) is 5.90. The molecule has 6 nitrogen and oxygen atoms in total. The molecule has 0 radical (unpaired) electrons. The van der Waals surface area contributed by atoms with Gasteiger partial charge >= 0.3 is 6.09 Å². The molecule has 2 aromatic carbocycles. The topological polar surface area (TPSA) is 94.3 Å². The van der Waals surface area contributed by atoms with Crippen molar-refractivity contribution in [1.82, 2.24) is 4.98 Å². The molecule has 0 aliphatic rings. The van der Waals surface area contributed by atoms with Crippen molar-refractivity contribution < 1.29 is 14.3 Å². The number of fused-ring (bicyclic) bond motifs is 1. The van der Waals surface area contributed by atoms with Gasteiger partial charge in [0.15, 0.2) is 0 Å². The van der Waals surface area contributed by atoms with Crippen LogP contribution in [0.15, 0.2) is 24.3 Å². The van der Waals surface area contributed by atoms with Crippen LogP contribution in [0.25, 0.3) is 10.2 Å². The number of anilines is 1. The first-order valence-corrected chi connectivity index (χ1v) is 8.91. The number of primary amides is 1. The summed E-state index contributed by atoms with van der Waals surface area (Å²) in [6.45, 7) is 5.89. The number of hydrogen-bond acceptors (Lipinski definition) is 5. The third-order valence-electron chi connectivity index (χ3n) is 3.83. The number of thiazole rings is 1. The number of carbonyl (C=O) groups is 2. The molecule has 3 aromatic rings. The monoisotopic (exact) mass is 389 g/mol. The average molecular weight is 390 g/mol. The van der Waals surface area contributed by atoms with Crippen LogP contribution in [0.2, 0.25) is 5.02 Å². The molecule has 0 aliphatic heterocycles. The van der Waals surface area contributed by atoms with E-state index in [1.807, 2.05) is 32.9 Å². The molecule has 0 saturated carbocycles. The Kier molecular flexibility index (Phi) is 4.84. The molecule has 1 aromatic heterocycles. The first-order chi connectivity index (χ1) is 12.3. The second-order valence-corrected chi connectivity index (χ2v) is 7.24. The van der Waals surface area contributed by atoms with Crippen LogP contribution in [-0.4, -0.2) is 17.0 Å². The molecule has 134 valence electrons. The lowest BCUT2D eigenvalue weighted by molar-refractivity contribution is 0.102. The van der Waals surface area contributed by atoms with Gasteiger partial charge in [-0.3, -0.25) is 4.79 Å². The summed E-state index contributed by atoms with van der Waals surface area (Å²) >= 11 is 7.45. The summed E-state index contributed by atoms with van der Waals surface area (Å²) in [7, 11) is 0. The highest BCUT2D eigenvalue weighted by Gasteiger charge is 2.18. The third-order valence-corrected chi connectivity index (χ3v) is 5.30. The van der Waals surface area contributed by atoms with Gasteiger partial charge in [-0.05, 0) is 44.0 Å². The van der Waals surface area contributed by atoms with Gasteiger partial charge in [-0.15, -0.1) is 0 Å². The van der Waals surface area contributed by atoms with Gasteiger partial charge < -0.3 is 15.8 Å². The third kappa shape index (κ3) is 3.49. The number of nitrogens with one attached hydrogen (secondary N) is 1. The number of carbonyl (C=O) groups excluding carboxylic acids is 2. The molecule has 3 rings (SSSR count). The summed E-state index contributed by atoms with van der Waals surface area (Å²) in [5.74, 6) is -0.322. The van der Waals surface area contributed by atoms with Gasteiger partial charge in [0.05, 0.1) is 20.8 Å². The molecule has 26 heavy (non-hydrogen) atoms. The Morgan fingerprint density at radius 3 is 2.46 bits per heavy atom. The van der Waals surface area contributed by atoms with E-state index in [0.29, 0.717) is 15.8 Å². The van der Waals surface area contributed by atoms with Gasteiger partial charge in [0.2, 0.25) is 0 Å². The molecule has 2 amide bonds. The van der Waals surface area contributed by atoms with Crippen molar-refractivity contribution in [2.24, 2.45) is 5.73 Å². The van der Waals surface area contributed by atoms with Crippen LogP contribution >= 0.6 is 22.9 Å². The summed E-state index contributed by atoms with van der Waals surface area (Å²) < 4.78 is 5.33. The number of amides is 2. The fourth-order valence-corrected chi connectivity index (χ4v) is 4.02. The number of nitrogens with zero attached hydrogens (tertiary/aromatic N) is 1. The molecule has 0 aliphatic carbocycles. The summed E-state index contributed by atoms with van der Waals surface area (Å²) in [5, 5.41) is 3.25. The highest BCUT2D eigenvalue weighted by molar-refractivity contribution is 7.21. The molecule has 1 heterocycles. The first kappa shape index (κ1) is 18.2. The minimum absolute atomic E-state index is 0.0807. The average Bonchev–Trinajstić information content (AvgIpc) is 2.93. The maximum absolute atomic E-state index is 12.7. The number of halogens is 1. The fourth-order valence-electron chi connectivity index (χ4n) is 2.80. The zero-order valence-electron chi connectivity index (χ0n) is 14.3. The summed E-state index contributed by atoms with van der Waals surface area (Å²) in [6.07, 6.45) is -0.955. The number of nitrogens with two attached hydrogens (primary N) is 1. The highest BCUT2D eigenvalue weighted by Crippen LogP contribution is 2.36. The SMILES string of the molecule is Cc1cc(C)c(NC(=O)c2ccc3nc(OC(N)=O)sc3c2Cl)c(C)c1. The number of rotatable bonds is 3. The number of benzene rings is 2. The van der Waals surface area contributed by atoms with Crippen LogP contribution in [0.5, 0.6) is 5.19 Å². The largest absolute Gasteiger partial charge is 0.411 e. The molecule has 0 saturated heterocycles. The maximum atomic E-state index is 12.7. The summed E-state index contributed by atoms with van der Waals surface area (Å²) in [4.78, 5) is 27.7. The van der Waals surface area contributed by atoms with Gasteiger partial charge in [0.1, 0.15) is 0 Å². The van der Waals surface area contributed by atoms with E-state index in [1.165, 1.54) is 0 Å². The molecule has 8 heteroatoms. The standard InChI is InChI=1S/C18H16ClN3O3S/c1-8-6-9(2)14(10(3)7-8)22-16(23)11-4-5-12-15(13(11)19)26-18(21-12)25-17(20)24/h4-7H,1-3H3,(H2,20,24)(H,22,23). The minimum atomic E-state index is -0.955. The van der Waals surface area contributed by atoms with Crippen molar-refractivity contribution in [3.8, 4) is 5.19 Å². The van der Waals surface area contributed by atoms with Gasteiger partial charge in [-0.1, -0.05) is 40.6 Å². The van der Waals surface area contributed by atoms with Crippen molar-refractivity contribution in [2.45, 2.75) is 20.8 Å². The Hall–Kier alpha value is -2.64. The number of ether oxygens (including phenoxy) is 1. The van der Waals surface area contributed by atoms with Crippen LogP contribution in [0.1, 0.15) is 27.0 Å². The van der Waals surface area contributed by atoms with E-state index >= 15 is 0 Å².